The van der Waals surface area contributed by atoms with Gasteiger partial charge in [-0.2, -0.15) is 0 Å². The molecule has 1 amide bonds. The second-order valence-corrected chi connectivity index (χ2v) is 6.91. The minimum Gasteiger partial charge on any atom is -0.397 e. The number of nitrogen functional groups attached to an aromatic ring is 1. The van der Waals surface area contributed by atoms with Crippen molar-refractivity contribution >= 4 is 17.3 Å². The van der Waals surface area contributed by atoms with Crippen LogP contribution in [0.1, 0.15) is 51.4 Å². The Morgan fingerprint density at radius 2 is 1.79 bits per heavy atom. The maximum absolute atomic E-state index is 11.1. The lowest BCUT2D eigenvalue weighted by atomic mass is 9.81. The normalized spacial score (nSPS) is 12.3. The molecule has 0 aliphatic heterocycles. The van der Waals surface area contributed by atoms with Gasteiger partial charge in [-0.05, 0) is 43.9 Å². The van der Waals surface area contributed by atoms with Gasteiger partial charge in [-0.15, -0.1) is 0 Å². The highest BCUT2D eigenvalue weighted by atomic mass is 16.1. The first-order valence-corrected chi connectivity index (χ1v) is 6.48. The lowest BCUT2D eigenvalue weighted by Crippen LogP contribution is -2.35. The minimum atomic E-state index is -0.466. The van der Waals surface area contributed by atoms with E-state index in [-0.39, 0.29) is 11.0 Å². The molecule has 0 unspecified atom stereocenters. The number of carbonyl (C=O) groups is 1. The molecule has 4 heteroatoms. The lowest BCUT2D eigenvalue weighted by molar-refractivity contribution is 0.100. The van der Waals surface area contributed by atoms with Gasteiger partial charge < -0.3 is 16.8 Å². The summed E-state index contributed by atoms with van der Waals surface area (Å²) in [6.45, 7) is 10.9. The maximum atomic E-state index is 11.1. The molecule has 0 aliphatic rings. The third kappa shape index (κ3) is 4.81. The molecule has 0 aromatic heterocycles. The number of rotatable bonds is 4. The van der Waals surface area contributed by atoms with Gasteiger partial charge in [0.25, 0.3) is 0 Å². The number of carbonyl (C=O) groups excluding carboxylic acids is 1. The first kappa shape index (κ1) is 15.3. The highest BCUT2D eigenvalue weighted by molar-refractivity contribution is 5.94. The van der Waals surface area contributed by atoms with E-state index >= 15 is 0 Å². The standard InChI is InChI=1S/C15H25N3O/c1-14(2,3)9-15(4,5)18-12-7-6-10(13(17)19)8-11(12)16/h6-8,18H,9,16H2,1-5H3,(H2,17,19). The fourth-order valence-electron chi connectivity index (χ4n) is 2.56. The van der Waals surface area contributed by atoms with Crippen LogP contribution >= 0.6 is 0 Å². The fraction of sp³-hybridized carbons (Fsp3) is 0.533. The van der Waals surface area contributed by atoms with Crippen molar-refractivity contribution in [3.05, 3.63) is 23.8 Å². The number of hydrogen-bond acceptors (Lipinski definition) is 3. The molecule has 106 valence electrons. The monoisotopic (exact) mass is 263 g/mol. The summed E-state index contributed by atoms with van der Waals surface area (Å²) < 4.78 is 0. The van der Waals surface area contributed by atoms with E-state index in [9.17, 15) is 4.79 Å². The van der Waals surface area contributed by atoms with Gasteiger partial charge in [-0.3, -0.25) is 4.79 Å². The molecule has 19 heavy (non-hydrogen) atoms. The van der Waals surface area contributed by atoms with E-state index in [0.29, 0.717) is 11.3 Å². The van der Waals surface area contributed by atoms with Crippen LogP contribution in [0.5, 0.6) is 0 Å². The molecule has 1 aromatic carbocycles. The van der Waals surface area contributed by atoms with Crippen molar-refractivity contribution in [1.82, 2.24) is 0 Å². The van der Waals surface area contributed by atoms with Crippen LogP contribution in [0.3, 0.4) is 0 Å². The first-order chi connectivity index (χ1) is 8.50. The summed E-state index contributed by atoms with van der Waals surface area (Å²) in [7, 11) is 0. The Morgan fingerprint density at radius 1 is 1.21 bits per heavy atom. The number of nitrogens with one attached hydrogen (secondary N) is 1. The lowest BCUT2D eigenvalue weighted by Gasteiger charge is -2.34. The van der Waals surface area contributed by atoms with Crippen LogP contribution in [-0.4, -0.2) is 11.4 Å². The van der Waals surface area contributed by atoms with Gasteiger partial charge in [0.2, 0.25) is 5.91 Å². The van der Waals surface area contributed by atoms with Crippen molar-refractivity contribution in [3.63, 3.8) is 0 Å². The van der Waals surface area contributed by atoms with Gasteiger partial charge in [0.05, 0.1) is 11.4 Å². The molecule has 0 aliphatic carbocycles. The molecule has 0 spiro atoms. The van der Waals surface area contributed by atoms with Gasteiger partial charge in [-0.25, -0.2) is 0 Å². The van der Waals surface area contributed by atoms with Gasteiger partial charge >= 0.3 is 0 Å². The van der Waals surface area contributed by atoms with E-state index in [4.69, 9.17) is 11.5 Å². The molecular weight excluding hydrogens is 238 g/mol. The van der Waals surface area contributed by atoms with Gasteiger partial charge in [0.1, 0.15) is 0 Å². The molecule has 0 saturated heterocycles. The molecular formula is C15H25N3O. The number of anilines is 2. The zero-order valence-corrected chi connectivity index (χ0v) is 12.5. The van der Waals surface area contributed by atoms with Crippen molar-refractivity contribution in [1.29, 1.82) is 0 Å². The SMILES string of the molecule is CC(C)(C)CC(C)(C)Nc1ccc(C(N)=O)cc1N. The summed E-state index contributed by atoms with van der Waals surface area (Å²) in [5.74, 6) is -0.466. The summed E-state index contributed by atoms with van der Waals surface area (Å²) in [4.78, 5) is 11.1. The highest BCUT2D eigenvalue weighted by Gasteiger charge is 2.25. The third-order valence-electron chi connectivity index (χ3n) is 2.78. The summed E-state index contributed by atoms with van der Waals surface area (Å²) in [5.41, 5.74) is 13.1. The molecule has 0 fully saturated rings. The summed E-state index contributed by atoms with van der Waals surface area (Å²) >= 11 is 0. The number of nitrogens with two attached hydrogens (primary N) is 2. The highest BCUT2D eigenvalue weighted by Crippen LogP contribution is 2.31. The first-order valence-electron chi connectivity index (χ1n) is 6.48. The van der Waals surface area contributed by atoms with Gasteiger partial charge in [0.15, 0.2) is 0 Å². The van der Waals surface area contributed by atoms with Crippen LogP contribution in [0, 0.1) is 5.41 Å². The Morgan fingerprint density at radius 3 is 2.21 bits per heavy atom. The number of primary amides is 1. The zero-order valence-electron chi connectivity index (χ0n) is 12.5. The molecule has 5 N–H and O–H groups in total. The van der Waals surface area contributed by atoms with Gasteiger partial charge in [0, 0.05) is 11.1 Å². The maximum Gasteiger partial charge on any atom is 0.248 e. The molecule has 0 bridgehead atoms. The Labute approximate surface area is 115 Å². The summed E-state index contributed by atoms with van der Waals surface area (Å²) in [6.07, 6.45) is 0.997. The van der Waals surface area contributed by atoms with Crippen LogP contribution < -0.4 is 16.8 Å². The van der Waals surface area contributed by atoms with E-state index in [2.05, 4.69) is 39.9 Å². The minimum absolute atomic E-state index is 0.0827. The number of benzene rings is 1. The molecule has 1 rings (SSSR count). The molecule has 0 saturated carbocycles. The number of amides is 1. The van der Waals surface area contributed by atoms with Crippen LogP contribution in [0.2, 0.25) is 0 Å². The smallest absolute Gasteiger partial charge is 0.248 e. The van der Waals surface area contributed by atoms with Crippen LogP contribution in [-0.2, 0) is 0 Å². The van der Waals surface area contributed by atoms with Crippen LogP contribution in [0.25, 0.3) is 0 Å². The van der Waals surface area contributed by atoms with Crippen molar-refractivity contribution in [3.8, 4) is 0 Å². The number of hydrogen-bond donors (Lipinski definition) is 3. The summed E-state index contributed by atoms with van der Waals surface area (Å²) in [6, 6.07) is 5.10. The van der Waals surface area contributed by atoms with Crippen LogP contribution in [0.4, 0.5) is 11.4 Å². The molecule has 0 heterocycles. The molecule has 0 atom stereocenters. The Hall–Kier alpha value is -1.71. The predicted molar refractivity (Wildman–Crippen MR) is 81.1 cm³/mol. The second-order valence-electron chi connectivity index (χ2n) is 6.91. The average Bonchev–Trinajstić information content (AvgIpc) is 2.16. The average molecular weight is 263 g/mol. The predicted octanol–water partition coefficient (Wildman–Crippen LogP) is 2.99. The fourth-order valence-corrected chi connectivity index (χ4v) is 2.56. The Bertz CT molecular complexity index is 473. The van der Waals surface area contributed by atoms with Crippen molar-refractivity contribution in [2.45, 2.75) is 46.6 Å². The topological polar surface area (TPSA) is 81.1 Å². The van der Waals surface area contributed by atoms with E-state index in [1.165, 1.54) is 0 Å². The van der Waals surface area contributed by atoms with Crippen molar-refractivity contribution in [2.24, 2.45) is 11.1 Å². The Balaban J connectivity index is 2.91. The van der Waals surface area contributed by atoms with Gasteiger partial charge in [-0.1, -0.05) is 20.8 Å². The summed E-state index contributed by atoms with van der Waals surface area (Å²) in [5, 5.41) is 3.43. The molecule has 4 nitrogen and oxygen atoms in total. The van der Waals surface area contributed by atoms with E-state index < -0.39 is 5.91 Å². The second kappa shape index (κ2) is 5.11. The largest absolute Gasteiger partial charge is 0.397 e. The molecule has 0 radical (unpaired) electrons. The van der Waals surface area contributed by atoms with Crippen molar-refractivity contribution in [2.75, 3.05) is 11.1 Å². The molecule has 1 aromatic rings. The Kier molecular flexibility index (Phi) is 4.13. The quantitative estimate of drug-likeness (QED) is 0.730. The zero-order chi connectivity index (χ0) is 14.8. The van der Waals surface area contributed by atoms with E-state index in [0.717, 1.165) is 12.1 Å². The third-order valence-corrected chi connectivity index (χ3v) is 2.78. The van der Waals surface area contributed by atoms with E-state index in [1.54, 1.807) is 18.2 Å². The van der Waals surface area contributed by atoms with Crippen LogP contribution in [0.15, 0.2) is 18.2 Å². The van der Waals surface area contributed by atoms with Crippen molar-refractivity contribution < 1.29 is 4.79 Å². The van der Waals surface area contributed by atoms with E-state index in [1.807, 2.05) is 0 Å².